The van der Waals surface area contributed by atoms with E-state index in [1.807, 2.05) is 0 Å². The number of nitrogens with zero attached hydrogens (tertiary/aromatic N) is 1. The minimum absolute atomic E-state index is 0.139. The minimum atomic E-state index is 0.139. The second kappa shape index (κ2) is 4.63. The molecule has 1 fully saturated rings. The summed E-state index contributed by atoms with van der Waals surface area (Å²) in [5.74, 6) is 0.780. The molecule has 1 aliphatic rings. The van der Waals surface area contributed by atoms with Gasteiger partial charge in [0.05, 0.1) is 0 Å². The first-order chi connectivity index (χ1) is 6.43. The minimum Gasteiger partial charge on any atom is -0.324 e. The zero-order valence-corrected chi connectivity index (χ0v) is 10.2. The summed E-state index contributed by atoms with van der Waals surface area (Å²) in [5.41, 5.74) is 6.37. The van der Waals surface area contributed by atoms with E-state index in [-0.39, 0.29) is 5.54 Å². The van der Waals surface area contributed by atoms with Crippen LogP contribution in [0.15, 0.2) is 0 Å². The molecule has 1 aliphatic carbocycles. The van der Waals surface area contributed by atoms with Gasteiger partial charge in [-0.1, -0.05) is 13.8 Å². The van der Waals surface area contributed by atoms with E-state index in [2.05, 4.69) is 32.7 Å². The molecule has 1 saturated carbocycles. The third-order valence-corrected chi connectivity index (χ3v) is 3.48. The Kier molecular flexibility index (Phi) is 3.96. The summed E-state index contributed by atoms with van der Waals surface area (Å²) < 4.78 is 0. The molecular weight excluding hydrogens is 172 g/mol. The zero-order chi connectivity index (χ0) is 10.8. The zero-order valence-electron chi connectivity index (χ0n) is 10.2. The lowest BCUT2D eigenvalue weighted by Crippen LogP contribution is -2.55. The van der Waals surface area contributed by atoms with E-state index in [0.29, 0.717) is 6.04 Å². The molecule has 0 aromatic carbocycles. The molecular formula is C12H26N2. The van der Waals surface area contributed by atoms with Gasteiger partial charge in [-0.2, -0.15) is 0 Å². The average molecular weight is 198 g/mol. The van der Waals surface area contributed by atoms with E-state index in [4.69, 9.17) is 5.73 Å². The SMILES string of the molecule is CC(C)CC(C)N(C)CC1(N)CCC1. The summed E-state index contributed by atoms with van der Waals surface area (Å²) in [4.78, 5) is 2.43. The first-order valence-corrected chi connectivity index (χ1v) is 5.92. The number of hydrogen-bond acceptors (Lipinski definition) is 2. The Bertz CT molecular complexity index is 173. The number of likely N-dealkylation sites (N-methyl/N-ethyl adjacent to an activating group) is 1. The molecule has 0 aromatic heterocycles. The van der Waals surface area contributed by atoms with E-state index in [0.717, 1.165) is 12.5 Å². The third kappa shape index (κ3) is 3.25. The predicted octanol–water partition coefficient (Wildman–Crippen LogP) is 2.23. The van der Waals surface area contributed by atoms with Crippen LogP contribution in [0, 0.1) is 5.92 Å². The van der Waals surface area contributed by atoms with Crippen molar-refractivity contribution in [2.75, 3.05) is 13.6 Å². The molecule has 0 aliphatic heterocycles. The van der Waals surface area contributed by atoms with Gasteiger partial charge in [-0.3, -0.25) is 0 Å². The van der Waals surface area contributed by atoms with Crippen LogP contribution < -0.4 is 5.73 Å². The summed E-state index contributed by atoms with van der Waals surface area (Å²) in [6.07, 6.45) is 5.02. The van der Waals surface area contributed by atoms with Gasteiger partial charge < -0.3 is 10.6 Å². The highest BCUT2D eigenvalue weighted by Crippen LogP contribution is 2.30. The third-order valence-electron chi connectivity index (χ3n) is 3.48. The summed E-state index contributed by atoms with van der Waals surface area (Å²) in [5, 5.41) is 0. The molecule has 1 rings (SSSR count). The molecule has 2 nitrogen and oxygen atoms in total. The Morgan fingerprint density at radius 3 is 2.21 bits per heavy atom. The normalized spacial score (nSPS) is 22.5. The fourth-order valence-electron chi connectivity index (χ4n) is 2.30. The van der Waals surface area contributed by atoms with Crippen LogP contribution in [0.3, 0.4) is 0 Å². The van der Waals surface area contributed by atoms with Gasteiger partial charge >= 0.3 is 0 Å². The summed E-state index contributed by atoms with van der Waals surface area (Å²) >= 11 is 0. The largest absolute Gasteiger partial charge is 0.324 e. The summed E-state index contributed by atoms with van der Waals surface area (Å²) in [6, 6.07) is 0.663. The maximum atomic E-state index is 6.23. The Hall–Kier alpha value is -0.0800. The maximum absolute atomic E-state index is 6.23. The van der Waals surface area contributed by atoms with Gasteiger partial charge in [-0.25, -0.2) is 0 Å². The lowest BCUT2D eigenvalue weighted by atomic mass is 9.77. The van der Waals surface area contributed by atoms with Gasteiger partial charge in [-0.05, 0) is 45.6 Å². The number of hydrogen-bond donors (Lipinski definition) is 1. The van der Waals surface area contributed by atoms with Crippen molar-refractivity contribution in [1.29, 1.82) is 0 Å². The molecule has 0 spiro atoms. The Balaban J connectivity index is 2.29. The second-order valence-corrected chi connectivity index (χ2v) is 5.61. The molecule has 0 radical (unpaired) electrons. The van der Waals surface area contributed by atoms with Crippen molar-refractivity contribution in [3.05, 3.63) is 0 Å². The molecule has 2 heteroatoms. The van der Waals surface area contributed by atoms with Crippen LogP contribution in [0.4, 0.5) is 0 Å². The van der Waals surface area contributed by atoms with E-state index in [1.54, 1.807) is 0 Å². The Morgan fingerprint density at radius 1 is 1.29 bits per heavy atom. The molecule has 0 bridgehead atoms. The molecule has 0 amide bonds. The van der Waals surface area contributed by atoms with Crippen LogP contribution in [0.5, 0.6) is 0 Å². The van der Waals surface area contributed by atoms with Gasteiger partial charge in [0.1, 0.15) is 0 Å². The van der Waals surface area contributed by atoms with Gasteiger partial charge in [0, 0.05) is 18.1 Å². The van der Waals surface area contributed by atoms with Crippen LogP contribution in [-0.4, -0.2) is 30.1 Å². The quantitative estimate of drug-likeness (QED) is 0.734. The van der Waals surface area contributed by atoms with Crippen molar-refractivity contribution in [3.8, 4) is 0 Å². The van der Waals surface area contributed by atoms with Gasteiger partial charge in [0.25, 0.3) is 0 Å². The van der Waals surface area contributed by atoms with Crippen molar-refractivity contribution >= 4 is 0 Å². The van der Waals surface area contributed by atoms with E-state index < -0.39 is 0 Å². The van der Waals surface area contributed by atoms with Crippen molar-refractivity contribution in [2.45, 2.75) is 58.0 Å². The van der Waals surface area contributed by atoms with Crippen LogP contribution in [0.25, 0.3) is 0 Å². The van der Waals surface area contributed by atoms with Crippen molar-refractivity contribution < 1.29 is 0 Å². The molecule has 84 valence electrons. The predicted molar refractivity (Wildman–Crippen MR) is 62.3 cm³/mol. The lowest BCUT2D eigenvalue weighted by Gasteiger charge is -2.42. The monoisotopic (exact) mass is 198 g/mol. The first kappa shape index (κ1) is 12.0. The molecule has 0 aromatic rings. The fourth-order valence-corrected chi connectivity index (χ4v) is 2.30. The fraction of sp³-hybridized carbons (Fsp3) is 1.00. The van der Waals surface area contributed by atoms with Gasteiger partial charge in [0.15, 0.2) is 0 Å². The Labute approximate surface area is 88.8 Å². The number of nitrogens with two attached hydrogens (primary N) is 1. The Morgan fingerprint density at radius 2 is 1.86 bits per heavy atom. The molecule has 0 saturated heterocycles. The van der Waals surface area contributed by atoms with Crippen molar-refractivity contribution in [2.24, 2.45) is 11.7 Å². The summed E-state index contributed by atoms with van der Waals surface area (Å²) in [6.45, 7) is 7.95. The van der Waals surface area contributed by atoms with Gasteiger partial charge in [-0.15, -0.1) is 0 Å². The lowest BCUT2D eigenvalue weighted by molar-refractivity contribution is 0.129. The van der Waals surface area contributed by atoms with E-state index in [9.17, 15) is 0 Å². The van der Waals surface area contributed by atoms with Gasteiger partial charge in [0.2, 0.25) is 0 Å². The highest BCUT2D eigenvalue weighted by Gasteiger charge is 2.34. The van der Waals surface area contributed by atoms with Crippen LogP contribution in [-0.2, 0) is 0 Å². The van der Waals surface area contributed by atoms with Crippen molar-refractivity contribution in [3.63, 3.8) is 0 Å². The smallest absolute Gasteiger partial charge is 0.0283 e. The van der Waals surface area contributed by atoms with Crippen LogP contribution in [0.2, 0.25) is 0 Å². The molecule has 2 N–H and O–H groups in total. The first-order valence-electron chi connectivity index (χ1n) is 5.92. The average Bonchev–Trinajstić information content (AvgIpc) is 2.00. The van der Waals surface area contributed by atoms with E-state index >= 15 is 0 Å². The highest BCUT2D eigenvalue weighted by atomic mass is 15.1. The molecule has 14 heavy (non-hydrogen) atoms. The standard InChI is InChI=1S/C12H26N2/c1-10(2)8-11(3)14(4)9-12(13)6-5-7-12/h10-11H,5-9,13H2,1-4H3. The topological polar surface area (TPSA) is 29.3 Å². The highest BCUT2D eigenvalue weighted by molar-refractivity contribution is 4.95. The van der Waals surface area contributed by atoms with E-state index in [1.165, 1.54) is 25.7 Å². The molecule has 1 atom stereocenters. The maximum Gasteiger partial charge on any atom is 0.0283 e. The summed E-state index contributed by atoms with van der Waals surface area (Å²) in [7, 11) is 2.21. The molecule has 0 heterocycles. The van der Waals surface area contributed by atoms with Crippen LogP contribution in [0.1, 0.15) is 46.5 Å². The number of rotatable bonds is 5. The second-order valence-electron chi connectivity index (χ2n) is 5.61. The van der Waals surface area contributed by atoms with Crippen molar-refractivity contribution in [1.82, 2.24) is 4.90 Å². The van der Waals surface area contributed by atoms with Crippen LogP contribution >= 0.6 is 0 Å². The molecule has 1 unspecified atom stereocenters.